The van der Waals surface area contributed by atoms with Gasteiger partial charge in [-0.1, -0.05) is 6.08 Å². The van der Waals surface area contributed by atoms with Gasteiger partial charge in [0.1, 0.15) is 0 Å². The highest BCUT2D eigenvalue weighted by Gasteiger charge is 2.18. The van der Waals surface area contributed by atoms with Crippen LogP contribution in [-0.4, -0.2) is 131 Å². The van der Waals surface area contributed by atoms with Gasteiger partial charge in [-0.3, -0.25) is 33.9 Å². The third-order valence-corrected chi connectivity index (χ3v) is 3.69. The van der Waals surface area contributed by atoms with E-state index in [4.69, 9.17) is 25.2 Å². The van der Waals surface area contributed by atoms with Crippen molar-refractivity contribution < 1.29 is 44.3 Å². The van der Waals surface area contributed by atoms with Crippen LogP contribution in [0.3, 0.4) is 0 Å². The topological polar surface area (TPSA) is 168 Å². The molecule has 12 nitrogen and oxygen atoms in total. The minimum atomic E-state index is -1.15. The van der Waals surface area contributed by atoms with Crippen LogP contribution in [0.2, 0.25) is 0 Å². The summed E-state index contributed by atoms with van der Waals surface area (Å²) >= 11 is 0. The number of carbonyl (C=O) groups is 4. The van der Waals surface area contributed by atoms with E-state index in [0.29, 0.717) is 32.8 Å². The molecule has 0 aliphatic rings. The summed E-state index contributed by atoms with van der Waals surface area (Å²) < 4.78 is 5.32. The van der Waals surface area contributed by atoms with Gasteiger partial charge in [0, 0.05) is 32.7 Å². The Balaban J connectivity index is 4.88. The van der Waals surface area contributed by atoms with E-state index in [2.05, 4.69) is 6.58 Å². The first-order valence-corrected chi connectivity index (χ1v) is 8.87. The monoisotopic (exact) mass is 419 g/mol. The van der Waals surface area contributed by atoms with E-state index < -0.39 is 50.1 Å². The van der Waals surface area contributed by atoms with Gasteiger partial charge in [0.25, 0.3) is 0 Å². The molecule has 0 aromatic heterocycles. The molecule has 12 heteroatoms. The summed E-state index contributed by atoms with van der Waals surface area (Å²) in [4.78, 5) is 48.0. The summed E-state index contributed by atoms with van der Waals surface area (Å²) in [6.45, 7) is 3.77. The molecule has 0 spiro atoms. The van der Waals surface area contributed by atoms with E-state index >= 15 is 0 Å². The Bertz CT molecular complexity index is 484. The number of ether oxygens (including phenoxy) is 1. The lowest BCUT2D eigenvalue weighted by Gasteiger charge is -2.28. The molecule has 166 valence electrons. The highest BCUT2D eigenvalue weighted by atomic mass is 16.5. The molecule has 0 bridgehead atoms. The number of hydrogen-bond donors (Lipinski definition) is 4. The summed E-state index contributed by atoms with van der Waals surface area (Å²) in [5.74, 6) is -4.61. The Labute approximate surface area is 168 Å². The van der Waals surface area contributed by atoms with E-state index in [9.17, 15) is 19.2 Å². The van der Waals surface area contributed by atoms with E-state index in [1.165, 1.54) is 9.80 Å². The van der Waals surface area contributed by atoms with Gasteiger partial charge < -0.3 is 25.2 Å². The van der Waals surface area contributed by atoms with Crippen LogP contribution in [0.5, 0.6) is 0 Å². The highest BCUT2D eigenvalue weighted by molar-refractivity contribution is 5.73. The number of carboxylic acid groups (broad SMARTS) is 4. The molecular formula is C17H29N3O9. The fourth-order valence-electron chi connectivity index (χ4n) is 2.45. The molecule has 0 aliphatic carbocycles. The molecule has 4 N–H and O–H groups in total. The van der Waals surface area contributed by atoms with Crippen molar-refractivity contribution >= 4 is 23.9 Å². The zero-order valence-corrected chi connectivity index (χ0v) is 16.2. The van der Waals surface area contributed by atoms with E-state index in [-0.39, 0.29) is 13.1 Å². The largest absolute Gasteiger partial charge is 0.480 e. The van der Waals surface area contributed by atoms with E-state index in [1.807, 2.05) is 4.90 Å². The highest BCUT2D eigenvalue weighted by Crippen LogP contribution is 1.97. The third kappa shape index (κ3) is 16.1. The molecular weight excluding hydrogens is 390 g/mol. The van der Waals surface area contributed by atoms with Gasteiger partial charge in [-0.15, -0.1) is 6.58 Å². The number of nitrogens with zero attached hydrogens (tertiary/aromatic N) is 3. The van der Waals surface area contributed by atoms with Gasteiger partial charge in [0.15, 0.2) is 0 Å². The van der Waals surface area contributed by atoms with Crippen molar-refractivity contribution in [2.24, 2.45) is 0 Å². The summed E-state index contributed by atoms with van der Waals surface area (Å²) in [5, 5.41) is 35.6. The molecule has 0 saturated heterocycles. The lowest BCUT2D eigenvalue weighted by molar-refractivity contribution is -0.143. The summed E-state index contributed by atoms with van der Waals surface area (Å²) in [5.41, 5.74) is 0. The lowest BCUT2D eigenvalue weighted by atomic mass is 10.3. The Morgan fingerprint density at radius 2 is 1.00 bits per heavy atom. The summed E-state index contributed by atoms with van der Waals surface area (Å²) in [6, 6.07) is 0. The summed E-state index contributed by atoms with van der Waals surface area (Å²) in [6.07, 6.45) is 1.58. The molecule has 0 atom stereocenters. The molecule has 0 saturated carbocycles. The first kappa shape index (κ1) is 26.5. The van der Waals surface area contributed by atoms with Crippen molar-refractivity contribution in [1.29, 1.82) is 0 Å². The Morgan fingerprint density at radius 3 is 1.31 bits per heavy atom. The molecule has 0 aliphatic heterocycles. The predicted molar refractivity (Wildman–Crippen MR) is 101 cm³/mol. The van der Waals surface area contributed by atoms with Crippen LogP contribution in [-0.2, 0) is 23.9 Å². The molecule has 0 unspecified atom stereocenters. The van der Waals surface area contributed by atoms with Crippen LogP contribution < -0.4 is 0 Å². The first-order valence-electron chi connectivity index (χ1n) is 8.87. The average Bonchev–Trinajstić information content (AvgIpc) is 2.57. The molecule has 0 aromatic carbocycles. The second-order valence-electron chi connectivity index (χ2n) is 6.20. The first-order chi connectivity index (χ1) is 13.6. The second-order valence-corrected chi connectivity index (χ2v) is 6.20. The van der Waals surface area contributed by atoms with Crippen LogP contribution in [0.25, 0.3) is 0 Å². The Kier molecular flexibility index (Phi) is 14.0. The zero-order chi connectivity index (χ0) is 22.2. The van der Waals surface area contributed by atoms with Crippen LogP contribution in [0.4, 0.5) is 0 Å². The number of carboxylic acids is 4. The fourth-order valence-corrected chi connectivity index (χ4v) is 2.45. The molecule has 0 rings (SSSR count). The molecule has 0 radical (unpaired) electrons. The van der Waals surface area contributed by atoms with Crippen molar-refractivity contribution in [3.8, 4) is 0 Å². The summed E-state index contributed by atoms with van der Waals surface area (Å²) in [7, 11) is 0. The van der Waals surface area contributed by atoms with Crippen molar-refractivity contribution in [2.75, 3.05) is 72.1 Å². The van der Waals surface area contributed by atoms with Crippen molar-refractivity contribution in [3.05, 3.63) is 12.7 Å². The normalized spacial score (nSPS) is 11.1. The Morgan fingerprint density at radius 1 is 0.655 bits per heavy atom. The minimum absolute atomic E-state index is 0.151. The maximum absolute atomic E-state index is 10.9. The van der Waals surface area contributed by atoms with E-state index in [0.717, 1.165) is 0 Å². The van der Waals surface area contributed by atoms with Crippen molar-refractivity contribution in [2.45, 2.75) is 0 Å². The third-order valence-electron chi connectivity index (χ3n) is 3.69. The maximum atomic E-state index is 10.9. The second kappa shape index (κ2) is 15.4. The molecule has 0 amide bonds. The molecule has 0 aromatic rings. The minimum Gasteiger partial charge on any atom is -0.480 e. The van der Waals surface area contributed by atoms with Crippen molar-refractivity contribution in [3.63, 3.8) is 0 Å². The van der Waals surface area contributed by atoms with Crippen LogP contribution >= 0.6 is 0 Å². The van der Waals surface area contributed by atoms with Crippen LogP contribution in [0, 0.1) is 0 Å². The van der Waals surface area contributed by atoms with Gasteiger partial charge in [-0.05, 0) is 0 Å². The van der Waals surface area contributed by atoms with Gasteiger partial charge in [-0.2, -0.15) is 0 Å². The Hall–Kier alpha value is -2.54. The zero-order valence-electron chi connectivity index (χ0n) is 16.2. The van der Waals surface area contributed by atoms with Gasteiger partial charge in [-0.25, -0.2) is 0 Å². The number of rotatable bonds is 19. The molecule has 0 heterocycles. The standard InChI is InChI=1S/C17H29N3O9/c1-2-8-29-9-7-18(3-5-19(10-14(21)22)11-15(23)24)4-6-20(12-16(25)26)13-17(27)28/h2H,1,3-13H2,(H,21,22)(H,23,24)(H,25,26)(H,27,28). The van der Waals surface area contributed by atoms with Crippen LogP contribution in [0.15, 0.2) is 12.7 Å². The maximum Gasteiger partial charge on any atom is 0.317 e. The fraction of sp³-hybridized carbons (Fsp3) is 0.647. The van der Waals surface area contributed by atoms with E-state index in [1.54, 1.807) is 6.08 Å². The number of hydrogen-bond acceptors (Lipinski definition) is 8. The lowest BCUT2D eigenvalue weighted by Crippen LogP contribution is -2.45. The SMILES string of the molecule is C=CCOCCN(CCN(CC(=O)O)CC(=O)O)CCN(CC(=O)O)CC(=O)O. The van der Waals surface area contributed by atoms with Gasteiger partial charge in [0.05, 0.1) is 39.4 Å². The van der Waals surface area contributed by atoms with Gasteiger partial charge in [0.2, 0.25) is 0 Å². The molecule has 29 heavy (non-hydrogen) atoms. The smallest absolute Gasteiger partial charge is 0.317 e. The predicted octanol–water partition coefficient (Wildman–Crippen LogP) is -1.57. The molecule has 0 fully saturated rings. The van der Waals surface area contributed by atoms with Crippen LogP contribution in [0.1, 0.15) is 0 Å². The quantitative estimate of drug-likeness (QED) is 0.140. The van der Waals surface area contributed by atoms with Crippen molar-refractivity contribution in [1.82, 2.24) is 14.7 Å². The van der Waals surface area contributed by atoms with Gasteiger partial charge >= 0.3 is 23.9 Å². The average molecular weight is 419 g/mol. The number of aliphatic carboxylic acids is 4.